The van der Waals surface area contributed by atoms with Gasteiger partial charge >= 0.3 is 12.1 Å². The number of hydrogen-bond acceptors (Lipinski definition) is 3. The first-order valence-corrected chi connectivity index (χ1v) is 7.01. The Morgan fingerprint density at radius 2 is 1.74 bits per heavy atom. The van der Waals surface area contributed by atoms with Crippen molar-refractivity contribution in [3.05, 3.63) is 55.4 Å². The molecule has 11 heteroatoms. The minimum Gasteiger partial charge on any atom is -0.267 e. The lowest BCUT2D eigenvalue weighted by molar-refractivity contribution is -0.384. The fraction of sp³-hybridized carbons (Fsp3) is 0.250. The van der Waals surface area contributed by atoms with Crippen LogP contribution in [0.1, 0.15) is 11.3 Å². The summed E-state index contributed by atoms with van der Waals surface area (Å²) in [4.78, 5) is 9.91. The molecule has 0 N–H and O–H groups in total. The third-order valence-corrected chi connectivity index (χ3v) is 3.65. The quantitative estimate of drug-likeness (QED) is 0.307. The Labute approximate surface area is 139 Å². The molecule has 0 atom stereocenters. The first-order chi connectivity index (χ1) is 10.5. The second-order valence-electron chi connectivity index (χ2n) is 4.52. The van der Waals surface area contributed by atoms with E-state index in [1.807, 2.05) is 0 Å². The number of hydrogen-bond donors (Lipinski definition) is 0. The highest BCUT2D eigenvalue weighted by Gasteiger charge is 2.61. The Kier molecular flexibility index (Phi) is 4.59. The number of nitro benzene ring substituents is 1. The SMILES string of the molecule is O=[N+]([O-])c1ccc(Cn2cc(I)c(C(F)(F)C(F)(F)F)n2)cc1. The third-order valence-electron chi connectivity index (χ3n) is 2.86. The summed E-state index contributed by atoms with van der Waals surface area (Å²) in [5, 5.41) is 13.8. The van der Waals surface area contributed by atoms with Crippen LogP contribution < -0.4 is 0 Å². The van der Waals surface area contributed by atoms with Crippen LogP contribution in [0.5, 0.6) is 0 Å². The van der Waals surface area contributed by atoms with Crippen LogP contribution in [0.25, 0.3) is 0 Å². The molecule has 0 aliphatic heterocycles. The van der Waals surface area contributed by atoms with Crippen molar-refractivity contribution in [3.8, 4) is 0 Å². The third kappa shape index (κ3) is 3.59. The minimum atomic E-state index is -5.74. The van der Waals surface area contributed by atoms with Gasteiger partial charge < -0.3 is 0 Å². The van der Waals surface area contributed by atoms with E-state index in [9.17, 15) is 32.1 Å². The van der Waals surface area contributed by atoms with Crippen LogP contribution in [0.15, 0.2) is 30.5 Å². The van der Waals surface area contributed by atoms with Gasteiger partial charge in [0.25, 0.3) is 5.69 Å². The zero-order valence-electron chi connectivity index (χ0n) is 11.0. The Balaban J connectivity index is 2.26. The Morgan fingerprint density at radius 3 is 2.22 bits per heavy atom. The topological polar surface area (TPSA) is 61.0 Å². The van der Waals surface area contributed by atoms with Crippen molar-refractivity contribution in [1.29, 1.82) is 0 Å². The van der Waals surface area contributed by atoms with Crippen LogP contribution in [0.4, 0.5) is 27.6 Å². The van der Waals surface area contributed by atoms with Crippen LogP contribution in [0.2, 0.25) is 0 Å². The lowest BCUT2D eigenvalue weighted by Crippen LogP contribution is -2.34. The molecule has 0 aliphatic carbocycles. The molecule has 0 amide bonds. The van der Waals surface area contributed by atoms with Crippen molar-refractivity contribution in [3.63, 3.8) is 0 Å². The monoisotopic (exact) mass is 447 g/mol. The van der Waals surface area contributed by atoms with Gasteiger partial charge in [0.2, 0.25) is 0 Å². The standard InChI is InChI=1S/C12H7F5IN3O2/c13-11(14,12(15,16)17)10-9(18)6-20(19-10)5-7-1-3-8(4-2-7)21(22)23/h1-4,6H,5H2. The summed E-state index contributed by atoms with van der Waals surface area (Å²) in [6.07, 6.45) is -4.68. The number of non-ortho nitro benzene ring substituents is 1. The molecule has 124 valence electrons. The van der Waals surface area contributed by atoms with E-state index in [4.69, 9.17) is 0 Å². The maximum atomic E-state index is 13.3. The Morgan fingerprint density at radius 1 is 1.17 bits per heavy atom. The predicted octanol–water partition coefficient (Wildman–Crippen LogP) is 4.10. The van der Waals surface area contributed by atoms with Gasteiger partial charge in [-0.1, -0.05) is 12.1 Å². The van der Waals surface area contributed by atoms with Crippen molar-refractivity contribution in [2.75, 3.05) is 0 Å². The van der Waals surface area contributed by atoms with E-state index in [0.717, 1.165) is 10.9 Å². The van der Waals surface area contributed by atoms with Gasteiger partial charge in [0, 0.05) is 18.3 Å². The molecule has 0 unspecified atom stereocenters. The van der Waals surface area contributed by atoms with Gasteiger partial charge in [0.15, 0.2) is 5.69 Å². The van der Waals surface area contributed by atoms with Gasteiger partial charge in [-0.15, -0.1) is 0 Å². The molecule has 1 aromatic heterocycles. The van der Waals surface area contributed by atoms with E-state index in [1.165, 1.54) is 46.9 Å². The number of nitrogens with zero attached hydrogens (tertiary/aromatic N) is 3. The van der Waals surface area contributed by atoms with E-state index in [-0.39, 0.29) is 15.8 Å². The number of nitro groups is 1. The molecule has 0 aliphatic rings. The van der Waals surface area contributed by atoms with Crippen molar-refractivity contribution in [2.45, 2.75) is 18.6 Å². The van der Waals surface area contributed by atoms with Crippen LogP contribution >= 0.6 is 22.6 Å². The highest BCUT2D eigenvalue weighted by Crippen LogP contribution is 2.44. The maximum Gasteiger partial charge on any atom is 0.459 e. The van der Waals surface area contributed by atoms with E-state index >= 15 is 0 Å². The normalized spacial score (nSPS) is 12.4. The van der Waals surface area contributed by atoms with Crippen molar-refractivity contribution in [2.24, 2.45) is 0 Å². The number of benzene rings is 1. The second kappa shape index (κ2) is 6.02. The highest BCUT2D eigenvalue weighted by atomic mass is 127. The molecule has 0 radical (unpaired) electrons. The molecule has 2 rings (SSSR count). The number of aromatic nitrogens is 2. The molecule has 1 heterocycles. The van der Waals surface area contributed by atoms with Gasteiger partial charge in [0.1, 0.15) is 0 Å². The Bertz CT molecular complexity index is 727. The fourth-order valence-corrected chi connectivity index (χ4v) is 2.50. The summed E-state index contributed by atoms with van der Waals surface area (Å²) in [5.74, 6) is -5.05. The molecular weight excluding hydrogens is 440 g/mol. The summed E-state index contributed by atoms with van der Waals surface area (Å²) in [6.45, 7) is -0.0953. The van der Waals surface area contributed by atoms with E-state index in [0.29, 0.717) is 5.56 Å². The molecule has 0 bridgehead atoms. The first kappa shape index (κ1) is 17.6. The summed E-state index contributed by atoms with van der Waals surface area (Å²) in [6, 6.07) is 5.15. The maximum absolute atomic E-state index is 13.3. The molecule has 0 saturated carbocycles. The van der Waals surface area contributed by atoms with Gasteiger partial charge in [-0.2, -0.15) is 27.1 Å². The van der Waals surface area contributed by atoms with E-state index in [2.05, 4.69) is 5.10 Å². The molecule has 2 aromatic rings. The highest BCUT2D eigenvalue weighted by molar-refractivity contribution is 14.1. The number of halogens is 6. The van der Waals surface area contributed by atoms with Crippen LogP contribution in [0, 0.1) is 13.7 Å². The van der Waals surface area contributed by atoms with Gasteiger partial charge in [0.05, 0.1) is 15.0 Å². The molecular formula is C12H7F5IN3O2. The summed E-state index contributed by atoms with van der Waals surface area (Å²) in [5.41, 5.74) is -1.06. The average Bonchev–Trinajstić information content (AvgIpc) is 2.79. The molecule has 0 spiro atoms. The van der Waals surface area contributed by atoms with E-state index < -0.39 is 22.7 Å². The molecule has 0 fully saturated rings. The Hall–Kier alpha value is -1.79. The zero-order chi connectivity index (χ0) is 17.4. The minimum absolute atomic E-state index is 0.0953. The van der Waals surface area contributed by atoms with Crippen molar-refractivity contribution < 1.29 is 26.9 Å². The smallest absolute Gasteiger partial charge is 0.267 e. The van der Waals surface area contributed by atoms with Crippen molar-refractivity contribution >= 4 is 28.3 Å². The molecule has 5 nitrogen and oxygen atoms in total. The van der Waals surface area contributed by atoms with Gasteiger partial charge in [-0.25, -0.2) is 0 Å². The zero-order valence-corrected chi connectivity index (χ0v) is 13.2. The van der Waals surface area contributed by atoms with Crippen LogP contribution in [0.3, 0.4) is 0 Å². The molecule has 23 heavy (non-hydrogen) atoms. The summed E-state index contributed by atoms with van der Waals surface area (Å²) < 4.78 is 64.4. The second-order valence-corrected chi connectivity index (χ2v) is 5.68. The average molecular weight is 447 g/mol. The number of alkyl halides is 5. The lowest BCUT2D eigenvalue weighted by atomic mass is 10.2. The lowest BCUT2D eigenvalue weighted by Gasteiger charge is -2.17. The van der Waals surface area contributed by atoms with Crippen LogP contribution in [-0.4, -0.2) is 20.9 Å². The summed E-state index contributed by atoms with van der Waals surface area (Å²) in [7, 11) is 0. The van der Waals surface area contributed by atoms with Crippen LogP contribution in [-0.2, 0) is 12.5 Å². The van der Waals surface area contributed by atoms with Gasteiger partial charge in [-0.3, -0.25) is 14.8 Å². The fourth-order valence-electron chi connectivity index (χ4n) is 1.74. The number of rotatable bonds is 4. The first-order valence-electron chi connectivity index (χ1n) is 5.93. The van der Waals surface area contributed by atoms with Gasteiger partial charge in [-0.05, 0) is 28.2 Å². The predicted molar refractivity (Wildman–Crippen MR) is 77.1 cm³/mol. The molecule has 0 saturated heterocycles. The van der Waals surface area contributed by atoms with E-state index in [1.54, 1.807) is 0 Å². The summed E-state index contributed by atoms with van der Waals surface area (Å²) >= 11 is 1.35. The van der Waals surface area contributed by atoms with Crippen molar-refractivity contribution in [1.82, 2.24) is 9.78 Å². The molecule has 1 aromatic carbocycles. The largest absolute Gasteiger partial charge is 0.459 e.